The molecule has 1 unspecified atom stereocenters. The highest BCUT2D eigenvalue weighted by molar-refractivity contribution is 6.30. The van der Waals surface area contributed by atoms with Crippen molar-refractivity contribution in [2.24, 2.45) is 0 Å². The molecule has 22 heavy (non-hydrogen) atoms. The average Bonchev–Trinajstić information content (AvgIpc) is 2.96. The Morgan fingerprint density at radius 1 is 1.23 bits per heavy atom. The monoisotopic (exact) mass is 313 g/mol. The van der Waals surface area contributed by atoms with Gasteiger partial charge in [0.25, 0.3) is 5.91 Å². The van der Waals surface area contributed by atoms with Crippen molar-refractivity contribution in [1.82, 2.24) is 14.5 Å². The minimum absolute atomic E-state index is 0.0258. The minimum Gasteiger partial charge on any atom is -0.334 e. The Labute approximate surface area is 133 Å². The van der Waals surface area contributed by atoms with Gasteiger partial charge in [-0.25, -0.2) is 4.52 Å². The third kappa shape index (κ3) is 2.70. The zero-order chi connectivity index (χ0) is 15.7. The van der Waals surface area contributed by atoms with E-state index in [0.717, 1.165) is 11.1 Å². The predicted molar refractivity (Wildman–Crippen MR) is 87.2 cm³/mol. The zero-order valence-corrected chi connectivity index (χ0v) is 13.2. The molecule has 0 spiro atoms. The van der Waals surface area contributed by atoms with Crippen LogP contribution in [0.5, 0.6) is 0 Å². The summed E-state index contributed by atoms with van der Waals surface area (Å²) in [5, 5.41) is 4.90. The van der Waals surface area contributed by atoms with Gasteiger partial charge in [-0.1, -0.05) is 41.9 Å². The molecule has 4 nitrogen and oxygen atoms in total. The van der Waals surface area contributed by atoms with Crippen LogP contribution in [0.15, 0.2) is 54.7 Å². The quantitative estimate of drug-likeness (QED) is 0.737. The Bertz CT molecular complexity index is 813. The summed E-state index contributed by atoms with van der Waals surface area (Å²) >= 11 is 5.94. The number of benzene rings is 1. The second-order valence-electron chi connectivity index (χ2n) is 5.25. The SMILES string of the molecule is CC(c1ccccc1)N(C)C(=O)c1cc2ccc(Cl)cn2n1. The molecule has 0 bridgehead atoms. The molecular formula is C17H16ClN3O. The molecule has 5 heteroatoms. The van der Waals surface area contributed by atoms with Gasteiger partial charge in [-0.3, -0.25) is 4.79 Å². The second-order valence-corrected chi connectivity index (χ2v) is 5.69. The van der Waals surface area contributed by atoms with Crippen molar-refractivity contribution in [3.05, 3.63) is 71.0 Å². The first-order valence-electron chi connectivity index (χ1n) is 7.03. The Hall–Kier alpha value is -2.33. The summed E-state index contributed by atoms with van der Waals surface area (Å²) in [6.45, 7) is 2.00. The summed E-state index contributed by atoms with van der Waals surface area (Å²) in [4.78, 5) is 14.3. The first-order chi connectivity index (χ1) is 10.6. The number of carbonyl (C=O) groups excluding carboxylic acids is 1. The molecule has 1 aromatic carbocycles. The molecule has 0 aliphatic carbocycles. The van der Waals surface area contributed by atoms with Crippen LogP contribution in [0.3, 0.4) is 0 Å². The molecule has 112 valence electrons. The molecule has 2 heterocycles. The fourth-order valence-corrected chi connectivity index (χ4v) is 2.53. The lowest BCUT2D eigenvalue weighted by molar-refractivity contribution is 0.0736. The van der Waals surface area contributed by atoms with Gasteiger partial charge < -0.3 is 4.90 Å². The maximum atomic E-state index is 12.6. The number of aromatic nitrogens is 2. The van der Waals surface area contributed by atoms with Crippen LogP contribution < -0.4 is 0 Å². The lowest BCUT2D eigenvalue weighted by Gasteiger charge is -2.24. The fraction of sp³-hybridized carbons (Fsp3) is 0.176. The van der Waals surface area contributed by atoms with Crippen molar-refractivity contribution >= 4 is 23.0 Å². The van der Waals surface area contributed by atoms with Crippen molar-refractivity contribution in [2.45, 2.75) is 13.0 Å². The van der Waals surface area contributed by atoms with Crippen LogP contribution >= 0.6 is 11.6 Å². The first kappa shape index (κ1) is 14.6. The molecule has 0 aliphatic heterocycles. The molecule has 1 amide bonds. The van der Waals surface area contributed by atoms with Gasteiger partial charge in [0.1, 0.15) is 0 Å². The van der Waals surface area contributed by atoms with Crippen LogP contribution in [0.4, 0.5) is 0 Å². The predicted octanol–water partition coefficient (Wildman–Crippen LogP) is 3.82. The number of pyridine rings is 1. The van der Waals surface area contributed by atoms with E-state index < -0.39 is 0 Å². The smallest absolute Gasteiger partial charge is 0.274 e. The average molecular weight is 314 g/mol. The fourth-order valence-electron chi connectivity index (χ4n) is 2.38. The van der Waals surface area contributed by atoms with E-state index in [1.54, 1.807) is 34.8 Å². The Kier molecular flexibility index (Phi) is 3.86. The van der Waals surface area contributed by atoms with Gasteiger partial charge >= 0.3 is 0 Å². The van der Waals surface area contributed by atoms with Crippen molar-refractivity contribution < 1.29 is 4.79 Å². The first-order valence-corrected chi connectivity index (χ1v) is 7.41. The van der Waals surface area contributed by atoms with E-state index in [1.807, 2.05) is 43.3 Å². The van der Waals surface area contributed by atoms with Gasteiger partial charge in [0.15, 0.2) is 5.69 Å². The Balaban J connectivity index is 1.88. The summed E-state index contributed by atoms with van der Waals surface area (Å²) in [6.07, 6.45) is 1.69. The van der Waals surface area contributed by atoms with Crippen LogP contribution in [-0.2, 0) is 0 Å². The number of halogens is 1. The van der Waals surface area contributed by atoms with Crippen molar-refractivity contribution in [3.8, 4) is 0 Å². The molecule has 3 aromatic rings. The van der Waals surface area contributed by atoms with Crippen molar-refractivity contribution in [1.29, 1.82) is 0 Å². The van der Waals surface area contributed by atoms with Crippen LogP contribution in [0.1, 0.15) is 29.0 Å². The van der Waals surface area contributed by atoms with Gasteiger partial charge in [0.05, 0.1) is 16.6 Å². The molecule has 0 radical (unpaired) electrons. The number of hydrogen-bond acceptors (Lipinski definition) is 2. The summed E-state index contributed by atoms with van der Waals surface area (Å²) < 4.78 is 1.62. The maximum absolute atomic E-state index is 12.6. The third-order valence-corrected chi connectivity index (χ3v) is 4.05. The van der Waals surface area contributed by atoms with Crippen LogP contribution in [0, 0.1) is 0 Å². The largest absolute Gasteiger partial charge is 0.334 e. The number of amides is 1. The van der Waals surface area contributed by atoms with Crippen LogP contribution in [0.2, 0.25) is 5.02 Å². The molecule has 2 aromatic heterocycles. The van der Waals surface area contributed by atoms with E-state index in [2.05, 4.69) is 5.10 Å². The number of carbonyl (C=O) groups is 1. The third-order valence-electron chi connectivity index (χ3n) is 3.83. The highest BCUT2D eigenvalue weighted by Gasteiger charge is 2.21. The molecule has 0 aliphatic rings. The maximum Gasteiger partial charge on any atom is 0.274 e. The van der Waals surface area contributed by atoms with Crippen molar-refractivity contribution in [3.63, 3.8) is 0 Å². The highest BCUT2D eigenvalue weighted by atomic mass is 35.5. The lowest BCUT2D eigenvalue weighted by atomic mass is 10.1. The van der Waals surface area contributed by atoms with Gasteiger partial charge in [0.2, 0.25) is 0 Å². The summed E-state index contributed by atoms with van der Waals surface area (Å²) in [6, 6.07) is 15.3. The molecule has 1 atom stereocenters. The second kappa shape index (κ2) is 5.81. The zero-order valence-electron chi connectivity index (χ0n) is 12.4. The van der Waals surface area contributed by atoms with E-state index >= 15 is 0 Å². The number of fused-ring (bicyclic) bond motifs is 1. The molecule has 0 saturated carbocycles. The van der Waals surface area contributed by atoms with Crippen LogP contribution in [-0.4, -0.2) is 27.5 Å². The molecule has 3 rings (SSSR count). The van der Waals surface area contributed by atoms with Gasteiger partial charge in [0, 0.05) is 13.2 Å². The summed E-state index contributed by atoms with van der Waals surface area (Å²) in [7, 11) is 1.79. The summed E-state index contributed by atoms with van der Waals surface area (Å²) in [5.41, 5.74) is 2.34. The van der Waals surface area contributed by atoms with E-state index in [9.17, 15) is 4.79 Å². The van der Waals surface area contributed by atoms with Gasteiger partial charge in [-0.05, 0) is 30.7 Å². The molecule has 0 fully saturated rings. The van der Waals surface area contributed by atoms with Gasteiger partial charge in [-0.15, -0.1) is 0 Å². The normalized spacial score (nSPS) is 12.3. The van der Waals surface area contributed by atoms with Crippen LogP contribution in [0.25, 0.3) is 5.52 Å². The standard InChI is InChI=1S/C17H16ClN3O/c1-12(13-6-4-3-5-7-13)20(2)17(22)16-10-15-9-8-14(18)11-21(15)19-16/h3-12H,1-2H3. The minimum atomic E-state index is -0.115. The van der Waals surface area contributed by atoms with Crippen molar-refractivity contribution in [2.75, 3.05) is 7.05 Å². The topological polar surface area (TPSA) is 37.6 Å². The molecular weight excluding hydrogens is 298 g/mol. The van der Waals surface area contributed by atoms with E-state index in [-0.39, 0.29) is 11.9 Å². The Morgan fingerprint density at radius 3 is 2.68 bits per heavy atom. The highest BCUT2D eigenvalue weighted by Crippen LogP contribution is 2.21. The van der Waals surface area contributed by atoms with E-state index in [0.29, 0.717) is 10.7 Å². The molecule has 0 N–H and O–H groups in total. The molecule has 0 saturated heterocycles. The summed E-state index contributed by atoms with van der Waals surface area (Å²) in [5.74, 6) is -0.115. The van der Waals surface area contributed by atoms with E-state index in [4.69, 9.17) is 11.6 Å². The number of rotatable bonds is 3. The number of hydrogen-bond donors (Lipinski definition) is 0. The van der Waals surface area contributed by atoms with E-state index in [1.165, 1.54) is 0 Å². The lowest BCUT2D eigenvalue weighted by Crippen LogP contribution is -2.30. The van der Waals surface area contributed by atoms with Gasteiger partial charge in [-0.2, -0.15) is 5.10 Å². The Morgan fingerprint density at radius 2 is 1.95 bits per heavy atom. The number of nitrogens with zero attached hydrogens (tertiary/aromatic N) is 3.